The summed E-state index contributed by atoms with van der Waals surface area (Å²) in [6.07, 6.45) is 5.14. The lowest BCUT2D eigenvalue weighted by Gasteiger charge is -2.40. The lowest BCUT2D eigenvalue weighted by atomic mass is 9.90. The van der Waals surface area contributed by atoms with E-state index in [1.54, 1.807) is 0 Å². The van der Waals surface area contributed by atoms with Crippen molar-refractivity contribution in [2.45, 2.75) is 51.2 Å². The second-order valence-corrected chi connectivity index (χ2v) is 7.95. The molecule has 27 heavy (non-hydrogen) atoms. The Morgan fingerprint density at radius 1 is 1.07 bits per heavy atom. The van der Waals surface area contributed by atoms with Gasteiger partial charge in [0.05, 0.1) is 22.7 Å². The average Bonchev–Trinajstić information content (AvgIpc) is 2.91. The molecule has 1 aromatic heterocycles. The monoisotopic (exact) mass is 356 g/mol. The Bertz CT molecular complexity index is 1020. The molecular weight excluding hydrogens is 332 g/mol. The molecule has 1 saturated carbocycles. The number of imidazole rings is 1. The average molecular weight is 356 g/mol. The molecule has 1 unspecified atom stereocenters. The normalized spacial score (nSPS) is 20.7. The van der Waals surface area contributed by atoms with Crippen LogP contribution in [0.15, 0.2) is 42.5 Å². The molecular formula is C23H24N4. The predicted octanol–water partition coefficient (Wildman–Crippen LogP) is 4.37. The van der Waals surface area contributed by atoms with E-state index in [9.17, 15) is 0 Å². The second-order valence-electron chi connectivity index (χ2n) is 7.95. The van der Waals surface area contributed by atoms with Crippen LogP contribution in [0.2, 0.25) is 0 Å². The maximum Gasteiger partial charge on any atom is 0.111 e. The number of nitrogens with zero attached hydrogens (tertiary/aromatic N) is 4. The van der Waals surface area contributed by atoms with Crippen LogP contribution in [0, 0.1) is 11.3 Å². The van der Waals surface area contributed by atoms with E-state index in [0.29, 0.717) is 11.6 Å². The third kappa shape index (κ3) is 2.83. The van der Waals surface area contributed by atoms with Crippen LogP contribution in [0.4, 0.5) is 0 Å². The first-order chi connectivity index (χ1) is 13.2. The van der Waals surface area contributed by atoms with E-state index in [4.69, 9.17) is 10.2 Å². The van der Waals surface area contributed by atoms with Crippen LogP contribution in [0.5, 0.6) is 0 Å². The summed E-state index contributed by atoms with van der Waals surface area (Å²) in [7, 11) is 0. The van der Waals surface area contributed by atoms with Gasteiger partial charge in [0, 0.05) is 31.6 Å². The van der Waals surface area contributed by atoms with Gasteiger partial charge in [-0.1, -0.05) is 24.6 Å². The van der Waals surface area contributed by atoms with Crippen LogP contribution in [0.1, 0.15) is 37.6 Å². The first-order valence-corrected chi connectivity index (χ1v) is 9.98. The summed E-state index contributed by atoms with van der Waals surface area (Å²) in [5.41, 5.74) is 5.30. The number of nitriles is 1. The van der Waals surface area contributed by atoms with E-state index >= 15 is 0 Å². The van der Waals surface area contributed by atoms with E-state index < -0.39 is 0 Å². The molecule has 1 fully saturated rings. The number of hydrogen-bond donors (Lipinski definition) is 0. The van der Waals surface area contributed by atoms with Gasteiger partial charge in [-0.15, -0.1) is 0 Å². The standard InChI is InChI=1S/C23H24N4/c1-16-15-27-22-10-9-19(18-7-5-17(14-24)6-8-18)13-21(22)25-23(27)11-12-26(16)20-3-2-4-20/h5-10,13,16,20H,2-4,11-12,15H2,1H3. The minimum absolute atomic E-state index is 0.562. The molecule has 2 aliphatic rings. The Balaban J connectivity index is 1.48. The highest BCUT2D eigenvalue weighted by atomic mass is 15.2. The SMILES string of the molecule is CC1Cn2c(nc3cc(-c4ccc(C#N)cc4)ccc32)CCN1C1CCC1. The summed E-state index contributed by atoms with van der Waals surface area (Å²) < 4.78 is 2.43. The van der Waals surface area contributed by atoms with Crippen molar-refractivity contribution in [1.82, 2.24) is 14.5 Å². The van der Waals surface area contributed by atoms with Crippen LogP contribution in [-0.4, -0.2) is 33.1 Å². The van der Waals surface area contributed by atoms with Crippen molar-refractivity contribution in [3.05, 3.63) is 53.9 Å². The van der Waals surface area contributed by atoms with Crippen LogP contribution >= 0.6 is 0 Å². The third-order valence-electron chi connectivity index (χ3n) is 6.32. The molecule has 1 atom stereocenters. The summed E-state index contributed by atoms with van der Waals surface area (Å²) in [6, 6.07) is 17.9. The summed E-state index contributed by atoms with van der Waals surface area (Å²) in [5.74, 6) is 1.22. The molecule has 5 rings (SSSR count). The lowest BCUT2D eigenvalue weighted by molar-refractivity contribution is 0.0867. The number of fused-ring (bicyclic) bond motifs is 3. The van der Waals surface area contributed by atoms with Crippen LogP contribution < -0.4 is 0 Å². The first-order valence-electron chi connectivity index (χ1n) is 9.98. The van der Waals surface area contributed by atoms with E-state index in [1.165, 1.54) is 30.6 Å². The molecule has 0 spiro atoms. The van der Waals surface area contributed by atoms with Crippen molar-refractivity contribution in [2.24, 2.45) is 0 Å². The smallest absolute Gasteiger partial charge is 0.111 e. The fourth-order valence-corrected chi connectivity index (χ4v) is 4.57. The zero-order valence-electron chi connectivity index (χ0n) is 15.7. The van der Waals surface area contributed by atoms with Gasteiger partial charge in [-0.05, 0) is 55.2 Å². The van der Waals surface area contributed by atoms with E-state index in [0.717, 1.165) is 42.2 Å². The molecule has 1 aliphatic heterocycles. The lowest BCUT2D eigenvalue weighted by Crippen LogP contribution is -2.46. The van der Waals surface area contributed by atoms with Crippen molar-refractivity contribution in [3.8, 4) is 17.2 Å². The van der Waals surface area contributed by atoms with Gasteiger partial charge in [0.1, 0.15) is 5.82 Å². The zero-order valence-corrected chi connectivity index (χ0v) is 15.7. The molecule has 0 radical (unpaired) electrons. The molecule has 3 aromatic rings. The van der Waals surface area contributed by atoms with E-state index in [-0.39, 0.29) is 0 Å². The number of hydrogen-bond acceptors (Lipinski definition) is 3. The Morgan fingerprint density at radius 3 is 2.56 bits per heavy atom. The highest BCUT2D eigenvalue weighted by molar-refractivity contribution is 5.82. The molecule has 4 nitrogen and oxygen atoms in total. The third-order valence-corrected chi connectivity index (χ3v) is 6.32. The van der Waals surface area contributed by atoms with Crippen LogP contribution in [0.25, 0.3) is 22.2 Å². The second kappa shape index (κ2) is 6.51. The molecule has 1 aliphatic carbocycles. The summed E-state index contributed by atoms with van der Waals surface area (Å²) >= 11 is 0. The van der Waals surface area contributed by atoms with Gasteiger partial charge in [0.15, 0.2) is 0 Å². The fourth-order valence-electron chi connectivity index (χ4n) is 4.57. The first kappa shape index (κ1) is 16.5. The molecule has 2 heterocycles. The Labute approximate surface area is 160 Å². The van der Waals surface area contributed by atoms with Crippen LogP contribution in [-0.2, 0) is 13.0 Å². The maximum atomic E-state index is 8.98. The summed E-state index contributed by atoms with van der Waals surface area (Å²) in [5, 5.41) is 8.98. The van der Waals surface area contributed by atoms with Gasteiger partial charge in [-0.3, -0.25) is 4.90 Å². The molecule has 0 amide bonds. The minimum Gasteiger partial charge on any atom is -0.326 e. The van der Waals surface area contributed by atoms with Gasteiger partial charge in [0.25, 0.3) is 0 Å². The molecule has 0 N–H and O–H groups in total. The Kier molecular flexibility index (Phi) is 3.98. The van der Waals surface area contributed by atoms with E-state index in [2.05, 4.69) is 40.7 Å². The maximum absolute atomic E-state index is 8.98. The van der Waals surface area contributed by atoms with Crippen molar-refractivity contribution >= 4 is 11.0 Å². The fraction of sp³-hybridized carbons (Fsp3) is 0.391. The van der Waals surface area contributed by atoms with Gasteiger partial charge < -0.3 is 4.57 Å². The molecule has 2 aromatic carbocycles. The highest BCUT2D eigenvalue weighted by Crippen LogP contribution is 2.31. The highest BCUT2D eigenvalue weighted by Gasteiger charge is 2.31. The summed E-state index contributed by atoms with van der Waals surface area (Å²) in [6.45, 7) is 4.51. The van der Waals surface area contributed by atoms with Gasteiger partial charge in [0.2, 0.25) is 0 Å². The van der Waals surface area contributed by atoms with Crippen molar-refractivity contribution in [3.63, 3.8) is 0 Å². The van der Waals surface area contributed by atoms with Crippen LogP contribution in [0.3, 0.4) is 0 Å². The Hall–Kier alpha value is -2.64. The van der Waals surface area contributed by atoms with Crippen molar-refractivity contribution in [1.29, 1.82) is 5.26 Å². The quantitative estimate of drug-likeness (QED) is 0.685. The largest absolute Gasteiger partial charge is 0.326 e. The summed E-state index contributed by atoms with van der Waals surface area (Å²) in [4.78, 5) is 7.69. The minimum atomic E-state index is 0.562. The molecule has 0 bridgehead atoms. The Morgan fingerprint density at radius 2 is 1.85 bits per heavy atom. The predicted molar refractivity (Wildman–Crippen MR) is 107 cm³/mol. The molecule has 136 valence electrons. The molecule has 0 saturated heterocycles. The number of benzene rings is 2. The topological polar surface area (TPSA) is 44.9 Å². The van der Waals surface area contributed by atoms with Gasteiger partial charge >= 0.3 is 0 Å². The number of aromatic nitrogens is 2. The van der Waals surface area contributed by atoms with E-state index in [1.807, 2.05) is 24.3 Å². The zero-order chi connectivity index (χ0) is 18.4. The van der Waals surface area contributed by atoms with Gasteiger partial charge in [-0.2, -0.15) is 5.26 Å². The number of rotatable bonds is 2. The van der Waals surface area contributed by atoms with Crippen molar-refractivity contribution < 1.29 is 0 Å². The molecule has 4 heteroatoms. The van der Waals surface area contributed by atoms with Crippen molar-refractivity contribution in [2.75, 3.05) is 6.54 Å². The van der Waals surface area contributed by atoms with Gasteiger partial charge in [-0.25, -0.2) is 4.98 Å².